The molecule has 0 aromatic carbocycles. The number of aldehydes is 1. The van der Waals surface area contributed by atoms with E-state index >= 15 is 0 Å². The summed E-state index contributed by atoms with van der Waals surface area (Å²) in [6.45, 7) is 3.92. The minimum Gasteiger partial charge on any atom is -0.382 e. The first kappa shape index (κ1) is 9.63. The van der Waals surface area contributed by atoms with Crippen LogP contribution in [0.5, 0.6) is 0 Å². The summed E-state index contributed by atoms with van der Waals surface area (Å²) in [4.78, 5) is 10.4. The van der Waals surface area contributed by atoms with Gasteiger partial charge in [-0.1, -0.05) is 26.7 Å². The van der Waals surface area contributed by atoms with Gasteiger partial charge in [0, 0.05) is 0 Å². The average Bonchev–Trinajstić information content (AvgIpc) is 1.89. The highest BCUT2D eigenvalue weighted by atomic mass is 16.3. The minimum absolute atomic E-state index is 0.588. The molecule has 0 fully saturated rings. The van der Waals surface area contributed by atoms with Crippen LogP contribution in [0.15, 0.2) is 0 Å². The topological polar surface area (TPSA) is 37.3 Å². The van der Waals surface area contributed by atoms with Crippen molar-refractivity contribution in [1.82, 2.24) is 0 Å². The van der Waals surface area contributed by atoms with Crippen molar-refractivity contribution in [2.75, 3.05) is 0 Å². The Hall–Kier alpha value is -0.370. The summed E-state index contributed by atoms with van der Waals surface area (Å²) in [6.07, 6.45) is 3.55. The Kier molecular flexibility index (Phi) is 4.28. The molecule has 2 nitrogen and oxygen atoms in total. The molecule has 0 aliphatic rings. The summed E-state index contributed by atoms with van der Waals surface area (Å²) >= 11 is 0. The molecule has 0 amide bonds. The monoisotopic (exact) mass is 144 g/mol. The molecule has 0 saturated carbocycles. The molecule has 0 heterocycles. The number of carbonyl (C=O) groups excluding carboxylic acids is 1. The van der Waals surface area contributed by atoms with Crippen molar-refractivity contribution < 1.29 is 9.90 Å². The second kappa shape index (κ2) is 4.45. The second-order valence-electron chi connectivity index (χ2n) is 2.72. The van der Waals surface area contributed by atoms with Gasteiger partial charge in [0.25, 0.3) is 0 Å². The van der Waals surface area contributed by atoms with Gasteiger partial charge in [0.05, 0.1) is 0 Å². The predicted molar refractivity (Wildman–Crippen MR) is 40.8 cm³/mol. The van der Waals surface area contributed by atoms with Crippen molar-refractivity contribution in [1.29, 1.82) is 0 Å². The smallest absolute Gasteiger partial charge is 0.151 e. The van der Waals surface area contributed by atoms with Gasteiger partial charge in [0.1, 0.15) is 5.60 Å². The van der Waals surface area contributed by atoms with Crippen LogP contribution in [0.25, 0.3) is 0 Å². The van der Waals surface area contributed by atoms with Crippen LogP contribution in [0, 0.1) is 0 Å². The second-order valence-corrected chi connectivity index (χ2v) is 2.72. The number of aliphatic hydroxyl groups is 1. The summed E-state index contributed by atoms with van der Waals surface area (Å²) in [5.74, 6) is 0. The largest absolute Gasteiger partial charge is 0.382 e. The minimum atomic E-state index is -1.04. The maximum atomic E-state index is 10.4. The number of carbonyl (C=O) groups is 1. The molecule has 0 bridgehead atoms. The average molecular weight is 144 g/mol. The maximum Gasteiger partial charge on any atom is 0.151 e. The van der Waals surface area contributed by atoms with E-state index in [0.717, 1.165) is 12.8 Å². The number of hydrogen-bond donors (Lipinski definition) is 1. The van der Waals surface area contributed by atoms with E-state index in [1.54, 1.807) is 0 Å². The molecular weight excluding hydrogens is 128 g/mol. The SMILES string of the molecule is CCCC(O)(C=O)CCC. The molecule has 0 rings (SSSR count). The first-order valence-corrected chi connectivity index (χ1v) is 3.87. The highest BCUT2D eigenvalue weighted by Gasteiger charge is 2.22. The third-order valence-corrected chi connectivity index (χ3v) is 1.59. The summed E-state index contributed by atoms with van der Waals surface area (Å²) < 4.78 is 0. The Morgan fingerprint density at radius 2 is 1.70 bits per heavy atom. The first-order valence-electron chi connectivity index (χ1n) is 3.87. The lowest BCUT2D eigenvalue weighted by molar-refractivity contribution is -0.125. The normalized spacial score (nSPS) is 11.5. The molecule has 0 aromatic heterocycles. The van der Waals surface area contributed by atoms with Gasteiger partial charge in [0.2, 0.25) is 0 Å². The van der Waals surface area contributed by atoms with Crippen molar-refractivity contribution in [2.24, 2.45) is 0 Å². The Labute approximate surface area is 62.2 Å². The van der Waals surface area contributed by atoms with E-state index in [-0.39, 0.29) is 0 Å². The van der Waals surface area contributed by atoms with Crippen LogP contribution in [0.4, 0.5) is 0 Å². The molecular formula is C8H16O2. The van der Waals surface area contributed by atoms with Crippen LogP contribution in [-0.4, -0.2) is 17.0 Å². The lowest BCUT2D eigenvalue weighted by Gasteiger charge is -2.19. The quantitative estimate of drug-likeness (QED) is 0.594. The van der Waals surface area contributed by atoms with Gasteiger partial charge in [-0.05, 0) is 12.8 Å². The number of rotatable bonds is 5. The molecule has 0 aliphatic carbocycles. The molecule has 60 valence electrons. The molecule has 0 unspecified atom stereocenters. The molecule has 1 N–H and O–H groups in total. The van der Waals surface area contributed by atoms with Crippen molar-refractivity contribution in [3.63, 3.8) is 0 Å². The Balaban J connectivity index is 3.81. The molecule has 0 aliphatic heterocycles. The van der Waals surface area contributed by atoms with E-state index in [9.17, 15) is 9.90 Å². The lowest BCUT2D eigenvalue weighted by Crippen LogP contribution is -2.29. The van der Waals surface area contributed by atoms with E-state index in [2.05, 4.69) is 0 Å². The van der Waals surface area contributed by atoms with E-state index < -0.39 is 5.60 Å². The van der Waals surface area contributed by atoms with Gasteiger partial charge in [-0.3, -0.25) is 0 Å². The van der Waals surface area contributed by atoms with Gasteiger partial charge in [-0.2, -0.15) is 0 Å². The Morgan fingerprint density at radius 1 is 1.30 bits per heavy atom. The van der Waals surface area contributed by atoms with Crippen LogP contribution >= 0.6 is 0 Å². The standard InChI is InChI=1S/C8H16O2/c1-3-5-8(10,7-9)6-4-2/h7,10H,3-6H2,1-2H3. The zero-order chi connectivity index (χ0) is 8.04. The fourth-order valence-corrected chi connectivity index (χ4v) is 1.11. The molecule has 0 aromatic rings. The molecule has 10 heavy (non-hydrogen) atoms. The van der Waals surface area contributed by atoms with Gasteiger partial charge in [-0.25, -0.2) is 0 Å². The van der Waals surface area contributed by atoms with Crippen LogP contribution < -0.4 is 0 Å². The lowest BCUT2D eigenvalue weighted by atomic mass is 9.95. The van der Waals surface area contributed by atoms with Crippen LogP contribution in [0.2, 0.25) is 0 Å². The summed E-state index contributed by atoms with van der Waals surface area (Å²) in [5.41, 5.74) is -1.04. The molecule has 2 heteroatoms. The van der Waals surface area contributed by atoms with Crippen LogP contribution in [0.1, 0.15) is 39.5 Å². The van der Waals surface area contributed by atoms with E-state index in [1.165, 1.54) is 0 Å². The van der Waals surface area contributed by atoms with E-state index in [1.807, 2.05) is 13.8 Å². The van der Waals surface area contributed by atoms with E-state index in [4.69, 9.17) is 0 Å². The van der Waals surface area contributed by atoms with Crippen molar-refractivity contribution >= 4 is 6.29 Å². The van der Waals surface area contributed by atoms with Crippen molar-refractivity contribution in [3.8, 4) is 0 Å². The third kappa shape index (κ3) is 2.97. The van der Waals surface area contributed by atoms with Crippen LogP contribution in [-0.2, 0) is 4.79 Å². The summed E-state index contributed by atoms with van der Waals surface area (Å²) in [6, 6.07) is 0. The first-order chi connectivity index (χ1) is 4.68. The highest BCUT2D eigenvalue weighted by Crippen LogP contribution is 2.15. The molecule has 0 radical (unpaired) electrons. The van der Waals surface area contributed by atoms with Gasteiger partial charge >= 0.3 is 0 Å². The van der Waals surface area contributed by atoms with Crippen molar-refractivity contribution in [2.45, 2.75) is 45.1 Å². The predicted octanol–water partition coefficient (Wildman–Crippen LogP) is 1.52. The van der Waals surface area contributed by atoms with Crippen LogP contribution in [0.3, 0.4) is 0 Å². The molecule has 0 atom stereocenters. The Morgan fingerprint density at radius 3 is 1.90 bits per heavy atom. The zero-order valence-corrected chi connectivity index (χ0v) is 6.76. The summed E-state index contributed by atoms with van der Waals surface area (Å²) in [7, 11) is 0. The van der Waals surface area contributed by atoms with Gasteiger partial charge in [-0.15, -0.1) is 0 Å². The highest BCUT2D eigenvalue weighted by molar-refractivity contribution is 5.61. The fraction of sp³-hybridized carbons (Fsp3) is 0.875. The van der Waals surface area contributed by atoms with Gasteiger partial charge < -0.3 is 9.90 Å². The summed E-state index contributed by atoms with van der Waals surface area (Å²) in [5, 5.41) is 9.45. The molecule has 0 saturated heterocycles. The number of hydrogen-bond acceptors (Lipinski definition) is 2. The third-order valence-electron chi connectivity index (χ3n) is 1.59. The van der Waals surface area contributed by atoms with E-state index in [0.29, 0.717) is 19.1 Å². The fourth-order valence-electron chi connectivity index (χ4n) is 1.11. The van der Waals surface area contributed by atoms with Crippen molar-refractivity contribution in [3.05, 3.63) is 0 Å². The molecule has 0 spiro atoms. The Bertz CT molecular complexity index is 93.4. The maximum absolute atomic E-state index is 10.4. The van der Waals surface area contributed by atoms with Gasteiger partial charge in [0.15, 0.2) is 6.29 Å². The zero-order valence-electron chi connectivity index (χ0n) is 6.76.